The summed E-state index contributed by atoms with van der Waals surface area (Å²) in [6.07, 6.45) is 1.83. The van der Waals surface area contributed by atoms with Crippen LogP contribution in [0.25, 0.3) is 0 Å². The summed E-state index contributed by atoms with van der Waals surface area (Å²) in [6.45, 7) is 1.18. The minimum absolute atomic E-state index is 0.0439. The predicted octanol–water partition coefficient (Wildman–Crippen LogP) is 2.36. The maximum absolute atomic E-state index is 12.4. The van der Waals surface area contributed by atoms with E-state index in [-0.39, 0.29) is 18.2 Å². The van der Waals surface area contributed by atoms with Gasteiger partial charge in [-0.3, -0.25) is 9.59 Å². The average molecular weight is 341 g/mol. The molecule has 0 bridgehead atoms. The standard InChI is InChI=1S/C14H17BrN2O3/c15-11-7-10(3-4-12(11)16)14(20)17-5-1-2-9(8-17)6-13(18)19/h3-4,7,9H,1-2,5-6,8,16H2,(H,18,19). The number of hydrogen-bond donors (Lipinski definition) is 2. The molecule has 1 saturated heterocycles. The number of benzene rings is 1. The van der Waals surface area contributed by atoms with Crippen molar-refractivity contribution in [2.24, 2.45) is 5.92 Å². The van der Waals surface area contributed by atoms with Crippen molar-refractivity contribution in [3.63, 3.8) is 0 Å². The Morgan fingerprint density at radius 3 is 2.85 bits per heavy atom. The molecule has 0 radical (unpaired) electrons. The zero-order valence-electron chi connectivity index (χ0n) is 11.0. The number of aliphatic carboxylic acids is 1. The third kappa shape index (κ3) is 3.50. The minimum Gasteiger partial charge on any atom is -0.481 e. The average Bonchev–Trinajstić information content (AvgIpc) is 2.40. The summed E-state index contributed by atoms with van der Waals surface area (Å²) < 4.78 is 0.697. The van der Waals surface area contributed by atoms with E-state index in [0.29, 0.717) is 28.8 Å². The molecule has 0 aromatic heterocycles. The molecule has 1 atom stereocenters. The smallest absolute Gasteiger partial charge is 0.303 e. The Morgan fingerprint density at radius 2 is 2.20 bits per heavy atom. The molecule has 1 aromatic rings. The lowest BCUT2D eigenvalue weighted by molar-refractivity contribution is -0.138. The van der Waals surface area contributed by atoms with E-state index in [1.165, 1.54) is 0 Å². The fourth-order valence-electron chi connectivity index (χ4n) is 2.51. The number of carbonyl (C=O) groups is 2. The van der Waals surface area contributed by atoms with Crippen molar-refractivity contribution in [2.75, 3.05) is 18.8 Å². The second-order valence-corrected chi connectivity index (χ2v) is 5.95. The van der Waals surface area contributed by atoms with Crippen LogP contribution >= 0.6 is 15.9 Å². The van der Waals surface area contributed by atoms with Crippen LogP contribution in [0.5, 0.6) is 0 Å². The van der Waals surface area contributed by atoms with Crippen molar-refractivity contribution >= 4 is 33.5 Å². The fourth-order valence-corrected chi connectivity index (χ4v) is 2.88. The normalized spacial score (nSPS) is 18.9. The highest BCUT2D eigenvalue weighted by Gasteiger charge is 2.26. The molecule has 5 nitrogen and oxygen atoms in total. The summed E-state index contributed by atoms with van der Waals surface area (Å²) in [4.78, 5) is 24.9. The summed E-state index contributed by atoms with van der Waals surface area (Å²) in [6, 6.07) is 5.09. The van der Waals surface area contributed by atoms with Gasteiger partial charge in [0.1, 0.15) is 0 Å². The van der Waals surface area contributed by atoms with Crippen LogP contribution in [-0.2, 0) is 4.79 Å². The summed E-state index contributed by atoms with van der Waals surface area (Å²) in [5, 5.41) is 8.85. The number of rotatable bonds is 3. The van der Waals surface area contributed by atoms with E-state index < -0.39 is 5.97 Å². The summed E-state index contributed by atoms with van der Waals surface area (Å²) in [7, 11) is 0. The molecule has 1 heterocycles. The van der Waals surface area contributed by atoms with Crippen LogP contribution in [0.2, 0.25) is 0 Å². The predicted molar refractivity (Wildman–Crippen MR) is 79.4 cm³/mol. The molecular weight excluding hydrogens is 324 g/mol. The number of nitrogen functional groups attached to an aromatic ring is 1. The number of likely N-dealkylation sites (tertiary alicyclic amines) is 1. The zero-order chi connectivity index (χ0) is 14.7. The number of anilines is 1. The van der Waals surface area contributed by atoms with Gasteiger partial charge in [0, 0.05) is 35.2 Å². The summed E-state index contributed by atoms with van der Waals surface area (Å²) >= 11 is 3.31. The largest absolute Gasteiger partial charge is 0.481 e. The highest BCUT2D eigenvalue weighted by molar-refractivity contribution is 9.10. The van der Waals surface area contributed by atoms with Gasteiger partial charge < -0.3 is 15.7 Å². The van der Waals surface area contributed by atoms with Gasteiger partial charge in [0.05, 0.1) is 0 Å². The van der Waals surface area contributed by atoms with Crippen LogP contribution in [-0.4, -0.2) is 35.0 Å². The van der Waals surface area contributed by atoms with Crippen LogP contribution < -0.4 is 5.73 Å². The topological polar surface area (TPSA) is 83.6 Å². The molecule has 1 amide bonds. The first kappa shape index (κ1) is 14.8. The Morgan fingerprint density at radius 1 is 1.45 bits per heavy atom. The second kappa shape index (κ2) is 6.26. The van der Waals surface area contributed by atoms with Crippen molar-refractivity contribution in [3.05, 3.63) is 28.2 Å². The van der Waals surface area contributed by atoms with Gasteiger partial charge in [-0.2, -0.15) is 0 Å². The third-order valence-electron chi connectivity index (χ3n) is 3.52. The Balaban J connectivity index is 2.08. The molecule has 1 aromatic carbocycles. The van der Waals surface area contributed by atoms with Crippen LogP contribution in [0.4, 0.5) is 5.69 Å². The molecule has 20 heavy (non-hydrogen) atoms. The van der Waals surface area contributed by atoms with E-state index in [4.69, 9.17) is 10.8 Å². The molecule has 1 fully saturated rings. The van der Waals surface area contributed by atoms with E-state index >= 15 is 0 Å². The number of carboxylic acid groups (broad SMARTS) is 1. The molecule has 1 unspecified atom stereocenters. The van der Waals surface area contributed by atoms with Gasteiger partial charge in [-0.25, -0.2) is 0 Å². The molecular formula is C14H17BrN2O3. The molecule has 6 heteroatoms. The minimum atomic E-state index is -0.806. The Hall–Kier alpha value is -1.56. The lowest BCUT2D eigenvalue weighted by Gasteiger charge is -2.32. The summed E-state index contributed by atoms with van der Waals surface area (Å²) in [5.74, 6) is -0.831. The molecule has 0 aliphatic carbocycles. The molecule has 3 N–H and O–H groups in total. The molecule has 2 rings (SSSR count). The number of piperidine rings is 1. The number of amides is 1. The zero-order valence-corrected chi connectivity index (χ0v) is 12.6. The van der Waals surface area contributed by atoms with E-state index in [0.717, 1.165) is 12.8 Å². The first-order valence-electron chi connectivity index (χ1n) is 6.53. The molecule has 0 spiro atoms. The van der Waals surface area contributed by atoms with Gasteiger partial charge >= 0.3 is 5.97 Å². The highest BCUT2D eigenvalue weighted by atomic mass is 79.9. The highest BCUT2D eigenvalue weighted by Crippen LogP contribution is 2.24. The van der Waals surface area contributed by atoms with Crippen LogP contribution in [0.1, 0.15) is 29.6 Å². The number of nitrogens with two attached hydrogens (primary N) is 1. The monoisotopic (exact) mass is 340 g/mol. The van der Waals surface area contributed by atoms with E-state index in [9.17, 15) is 9.59 Å². The van der Waals surface area contributed by atoms with E-state index in [1.807, 2.05) is 0 Å². The molecule has 1 aliphatic heterocycles. The maximum Gasteiger partial charge on any atom is 0.303 e. The second-order valence-electron chi connectivity index (χ2n) is 5.09. The lowest BCUT2D eigenvalue weighted by Crippen LogP contribution is -2.40. The first-order valence-corrected chi connectivity index (χ1v) is 7.32. The van der Waals surface area contributed by atoms with Gasteiger partial charge in [0.2, 0.25) is 0 Å². The third-order valence-corrected chi connectivity index (χ3v) is 4.20. The lowest BCUT2D eigenvalue weighted by atomic mass is 9.94. The van der Waals surface area contributed by atoms with Crippen molar-refractivity contribution in [3.8, 4) is 0 Å². The Kier molecular flexibility index (Phi) is 4.65. The van der Waals surface area contributed by atoms with Gasteiger partial charge in [-0.15, -0.1) is 0 Å². The molecule has 0 saturated carbocycles. The Bertz CT molecular complexity index is 533. The fraction of sp³-hybridized carbons (Fsp3) is 0.429. The van der Waals surface area contributed by atoms with Crippen molar-refractivity contribution in [1.82, 2.24) is 4.90 Å². The summed E-state index contributed by atoms with van der Waals surface area (Å²) in [5.41, 5.74) is 6.87. The van der Waals surface area contributed by atoms with Crippen LogP contribution in [0.3, 0.4) is 0 Å². The van der Waals surface area contributed by atoms with Gasteiger partial charge in [-0.05, 0) is 52.9 Å². The van der Waals surface area contributed by atoms with Gasteiger partial charge in [-0.1, -0.05) is 0 Å². The van der Waals surface area contributed by atoms with Crippen molar-refractivity contribution in [1.29, 1.82) is 0 Å². The van der Waals surface area contributed by atoms with Gasteiger partial charge in [0.15, 0.2) is 0 Å². The number of carboxylic acids is 1. The Labute approximate surface area is 125 Å². The molecule has 108 valence electrons. The van der Waals surface area contributed by atoms with Gasteiger partial charge in [0.25, 0.3) is 5.91 Å². The van der Waals surface area contributed by atoms with Crippen molar-refractivity contribution in [2.45, 2.75) is 19.3 Å². The van der Waals surface area contributed by atoms with Crippen LogP contribution in [0.15, 0.2) is 22.7 Å². The van der Waals surface area contributed by atoms with Crippen molar-refractivity contribution < 1.29 is 14.7 Å². The number of hydrogen-bond acceptors (Lipinski definition) is 3. The number of halogens is 1. The number of nitrogens with zero attached hydrogens (tertiary/aromatic N) is 1. The quantitative estimate of drug-likeness (QED) is 0.827. The SMILES string of the molecule is Nc1ccc(C(=O)N2CCCC(CC(=O)O)C2)cc1Br. The van der Waals surface area contributed by atoms with Crippen LogP contribution in [0, 0.1) is 5.92 Å². The van der Waals surface area contributed by atoms with E-state index in [2.05, 4.69) is 15.9 Å². The maximum atomic E-state index is 12.4. The number of carbonyl (C=O) groups excluding carboxylic acids is 1. The molecule has 1 aliphatic rings. The van der Waals surface area contributed by atoms with E-state index in [1.54, 1.807) is 23.1 Å². The first-order chi connectivity index (χ1) is 9.47.